The number of hydrogen-bond donors (Lipinski definition) is 2. The first kappa shape index (κ1) is 16.2. The van der Waals surface area contributed by atoms with Crippen molar-refractivity contribution < 1.29 is 69.3 Å². The molecule has 0 saturated carbocycles. The summed E-state index contributed by atoms with van der Waals surface area (Å²) in [6.45, 7) is 0. The summed E-state index contributed by atoms with van der Waals surface area (Å²) in [4.78, 5) is 8.56. The molecular formula is CH2ClNaO6. The molecule has 9 heavy (non-hydrogen) atoms. The number of hydrogen-bond acceptors (Lipinski definition) is 4. The zero-order chi connectivity index (χ0) is 7.15. The van der Waals surface area contributed by atoms with E-state index < -0.39 is 16.9 Å². The van der Waals surface area contributed by atoms with Crippen molar-refractivity contribution in [1.82, 2.24) is 0 Å². The third-order valence-corrected chi connectivity index (χ3v) is 0. The van der Waals surface area contributed by atoms with E-state index in [9.17, 15) is 0 Å². The molecule has 0 saturated heterocycles. The summed E-state index contributed by atoms with van der Waals surface area (Å²) in [6, 6.07) is 0. The molecule has 6 nitrogen and oxygen atoms in total. The molecule has 0 aromatic carbocycles. The topological polar surface area (TPSA) is 127 Å². The van der Waals surface area contributed by atoms with E-state index in [0.717, 1.165) is 0 Å². The van der Waals surface area contributed by atoms with E-state index in [-0.39, 0.29) is 29.6 Å². The Bertz CT molecular complexity index is 57.3. The van der Waals surface area contributed by atoms with Gasteiger partial charge in [-0.15, -0.1) is 0 Å². The molecule has 0 atom stereocenters. The Hall–Kier alpha value is 0.440. The van der Waals surface area contributed by atoms with Gasteiger partial charge in [0.15, 0.2) is 0 Å². The van der Waals surface area contributed by atoms with E-state index in [1.54, 1.807) is 0 Å². The van der Waals surface area contributed by atoms with E-state index in [0.29, 0.717) is 0 Å². The molecule has 0 fully saturated rings. The van der Waals surface area contributed by atoms with Crippen LogP contribution in [0.5, 0.6) is 0 Å². The Labute approximate surface area is 75.4 Å². The summed E-state index contributed by atoms with van der Waals surface area (Å²) in [6.07, 6.45) is -1.83. The van der Waals surface area contributed by atoms with Crippen LogP contribution < -0.4 is 43.5 Å². The summed E-state index contributed by atoms with van der Waals surface area (Å²) in [5.74, 6) is 0. The average Bonchev–Trinajstić information content (AvgIpc) is 1.25. The van der Waals surface area contributed by atoms with Gasteiger partial charge in [-0.25, -0.2) is 4.79 Å². The van der Waals surface area contributed by atoms with Gasteiger partial charge < -0.3 is 24.2 Å². The Balaban J connectivity index is -0.0000000720. The van der Waals surface area contributed by atoms with Crippen LogP contribution in [0, 0.1) is 10.8 Å². The predicted octanol–water partition coefficient (Wildman–Crippen LogP) is -6.34. The second-order valence-electron chi connectivity index (χ2n) is 0.472. The van der Waals surface area contributed by atoms with E-state index >= 15 is 0 Å². The Kier molecular flexibility index (Phi) is 20.3. The van der Waals surface area contributed by atoms with Crippen LogP contribution in [0.2, 0.25) is 0 Å². The van der Waals surface area contributed by atoms with Crippen molar-refractivity contribution in [1.29, 1.82) is 0 Å². The van der Waals surface area contributed by atoms with Gasteiger partial charge in [0.1, 0.15) is 0 Å². The van der Waals surface area contributed by atoms with Crippen LogP contribution in [0.3, 0.4) is 0 Å². The molecule has 0 aliphatic carbocycles. The summed E-state index contributed by atoms with van der Waals surface area (Å²) in [5.41, 5.74) is 0. The average molecular weight is 168 g/mol. The van der Waals surface area contributed by atoms with Crippen molar-refractivity contribution in [3.05, 3.63) is 0 Å². The monoisotopic (exact) mass is 168 g/mol. The van der Waals surface area contributed by atoms with Crippen LogP contribution in [0.4, 0.5) is 4.79 Å². The molecule has 0 heterocycles. The number of carboxylic acid groups (broad SMARTS) is 2. The standard InChI is InChI=1S/CH2O3.ClO3.Na/c2*2-1(3)4;/h(H2,2,3,4);;/q;-1;+1. The van der Waals surface area contributed by atoms with Crippen molar-refractivity contribution in [2.24, 2.45) is 0 Å². The van der Waals surface area contributed by atoms with Gasteiger partial charge in [0.2, 0.25) is 0 Å². The molecule has 0 aliphatic heterocycles. The fourth-order valence-electron chi connectivity index (χ4n) is 0. The van der Waals surface area contributed by atoms with Crippen molar-refractivity contribution in [3.8, 4) is 0 Å². The third-order valence-electron chi connectivity index (χ3n) is 0. The Morgan fingerprint density at radius 3 is 1.22 bits per heavy atom. The van der Waals surface area contributed by atoms with E-state index in [2.05, 4.69) is 0 Å². The van der Waals surface area contributed by atoms with Gasteiger partial charge in [0.05, 0.1) is 10.8 Å². The molecule has 50 valence electrons. The van der Waals surface area contributed by atoms with Crippen molar-refractivity contribution in [2.75, 3.05) is 0 Å². The van der Waals surface area contributed by atoms with Crippen LogP contribution in [0.15, 0.2) is 0 Å². The van der Waals surface area contributed by atoms with Crippen molar-refractivity contribution in [3.63, 3.8) is 0 Å². The second-order valence-corrected chi connectivity index (χ2v) is 0.850. The second kappa shape index (κ2) is 11.3. The van der Waals surface area contributed by atoms with Gasteiger partial charge in [0, 0.05) is 0 Å². The molecule has 0 spiro atoms. The summed E-state index contributed by atoms with van der Waals surface area (Å²) >= 11 is 0. The summed E-state index contributed by atoms with van der Waals surface area (Å²) in [7, 11) is -2.85. The fraction of sp³-hybridized carbons (Fsp3) is 0. The fourth-order valence-corrected chi connectivity index (χ4v) is 0. The zero-order valence-electron chi connectivity index (χ0n) is 4.41. The van der Waals surface area contributed by atoms with Gasteiger partial charge in [-0.3, -0.25) is 0 Å². The molecule has 0 amide bonds. The molecule has 0 bridgehead atoms. The van der Waals surface area contributed by atoms with E-state index in [1.165, 1.54) is 0 Å². The quantitative estimate of drug-likeness (QED) is 0.346. The summed E-state index contributed by atoms with van der Waals surface area (Å²) in [5, 5.41) is 13.9. The van der Waals surface area contributed by atoms with Crippen LogP contribution in [0.25, 0.3) is 0 Å². The Morgan fingerprint density at radius 2 is 1.22 bits per heavy atom. The largest absolute Gasteiger partial charge is 1.00 e. The first-order valence-corrected chi connectivity index (χ1v) is 2.04. The maximum Gasteiger partial charge on any atom is 1.00 e. The van der Waals surface area contributed by atoms with E-state index in [4.69, 9.17) is 29.0 Å². The molecule has 0 unspecified atom stereocenters. The van der Waals surface area contributed by atoms with Crippen molar-refractivity contribution in [2.45, 2.75) is 0 Å². The first-order valence-electron chi connectivity index (χ1n) is 1.11. The molecular weight excluding hydrogens is 166 g/mol. The molecule has 0 radical (unpaired) electrons. The number of halogens is 1. The minimum Gasteiger partial charge on any atom is -0.450 e. The molecule has 0 aliphatic rings. The Morgan fingerprint density at radius 1 is 1.22 bits per heavy atom. The molecule has 0 rings (SSSR count). The third kappa shape index (κ3) is 1810. The van der Waals surface area contributed by atoms with Gasteiger partial charge >= 0.3 is 35.7 Å². The first-order chi connectivity index (χ1) is 3.46. The molecule has 2 N–H and O–H groups in total. The van der Waals surface area contributed by atoms with Crippen LogP contribution in [-0.4, -0.2) is 16.4 Å². The molecule has 8 heteroatoms. The van der Waals surface area contributed by atoms with Crippen molar-refractivity contribution >= 4 is 6.16 Å². The summed E-state index contributed by atoms with van der Waals surface area (Å²) < 4.78 is 25.2. The van der Waals surface area contributed by atoms with Crippen LogP contribution >= 0.6 is 0 Å². The number of rotatable bonds is 0. The minimum atomic E-state index is -2.85. The smallest absolute Gasteiger partial charge is 0.450 e. The molecule has 0 aromatic heterocycles. The zero-order valence-corrected chi connectivity index (χ0v) is 7.16. The number of carbonyl (C=O) groups is 1. The molecule has 0 aromatic rings. The van der Waals surface area contributed by atoms with Gasteiger partial charge in [-0.2, -0.15) is 0 Å². The van der Waals surface area contributed by atoms with Gasteiger partial charge in [-0.1, -0.05) is 0 Å². The minimum absolute atomic E-state index is 0. The van der Waals surface area contributed by atoms with Crippen LogP contribution in [0.1, 0.15) is 0 Å². The predicted molar refractivity (Wildman–Crippen MR) is 10.7 cm³/mol. The van der Waals surface area contributed by atoms with Gasteiger partial charge in [0.25, 0.3) is 0 Å². The normalized spacial score (nSPS) is 6.67. The maximum atomic E-state index is 8.56. The maximum absolute atomic E-state index is 8.56. The van der Waals surface area contributed by atoms with E-state index in [1.807, 2.05) is 0 Å². The SMILES string of the molecule is O=C(O)O.[Na+].[O-][Cl+2]([O-])[O-]. The van der Waals surface area contributed by atoms with Crippen LogP contribution in [-0.2, 0) is 0 Å². The van der Waals surface area contributed by atoms with Gasteiger partial charge in [-0.05, 0) is 0 Å².